The molecule has 0 amide bonds. The Hall–Kier alpha value is -3.51. The van der Waals surface area contributed by atoms with Gasteiger partial charge in [0, 0.05) is 47.7 Å². The number of aromatic nitrogens is 6. The van der Waals surface area contributed by atoms with Crippen molar-refractivity contribution in [3.8, 4) is 23.2 Å². The highest BCUT2D eigenvalue weighted by Gasteiger charge is 2.24. The lowest BCUT2D eigenvalue weighted by Gasteiger charge is -2.17. The molecule has 0 bridgehead atoms. The number of hydrogen-bond acceptors (Lipinski definition) is 6. The zero-order valence-electron chi connectivity index (χ0n) is 28.1. The van der Waals surface area contributed by atoms with Gasteiger partial charge in [0.2, 0.25) is 0 Å². The average molecular weight is 649 g/mol. The van der Waals surface area contributed by atoms with Crippen molar-refractivity contribution in [2.75, 3.05) is 13.2 Å². The number of imidazole rings is 1. The Balaban J connectivity index is 1.75. The van der Waals surface area contributed by atoms with Gasteiger partial charge >= 0.3 is 5.69 Å². The Kier molecular flexibility index (Phi) is 11.2. The molecule has 0 radical (unpaired) electrons. The summed E-state index contributed by atoms with van der Waals surface area (Å²) in [6, 6.07) is 10.0. The van der Waals surface area contributed by atoms with E-state index in [1.807, 2.05) is 44.3 Å². The van der Waals surface area contributed by atoms with Crippen molar-refractivity contribution in [2.45, 2.75) is 98.2 Å². The van der Waals surface area contributed by atoms with Gasteiger partial charge in [-0.1, -0.05) is 75.7 Å². The number of fused-ring (bicyclic) bond motifs is 1. The van der Waals surface area contributed by atoms with Crippen molar-refractivity contribution in [3.63, 3.8) is 0 Å². The van der Waals surface area contributed by atoms with Crippen molar-refractivity contribution < 1.29 is 9.47 Å². The van der Waals surface area contributed by atoms with Gasteiger partial charge in [-0.3, -0.25) is 23.2 Å². The molecular weight excluding hydrogens is 601 g/mol. The number of aryl methyl sites for hydroxylation is 1. The molecule has 4 rings (SSSR count). The van der Waals surface area contributed by atoms with Crippen molar-refractivity contribution in [1.82, 2.24) is 28.5 Å². The van der Waals surface area contributed by atoms with Crippen LogP contribution in [0, 0.1) is 18.8 Å². The van der Waals surface area contributed by atoms with Gasteiger partial charge in [-0.05, 0) is 37.6 Å². The molecule has 0 aliphatic heterocycles. The Labute approximate surface area is 268 Å². The van der Waals surface area contributed by atoms with E-state index in [2.05, 4.69) is 56.2 Å². The fraction of sp³-hybridized carbons (Fsp3) is 0.515. The molecule has 0 fully saturated rings. The predicted molar refractivity (Wildman–Crippen MR) is 186 cm³/mol. The highest BCUT2D eigenvalue weighted by molar-refractivity contribution is 6.76. The van der Waals surface area contributed by atoms with Gasteiger partial charge in [0.05, 0.1) is 11.8 Å². The third kappa shape index (κ3) is 9.26. The Bertz CT molecular complexity index is 1780. The maximum absolute atomic E-state index is 13.9. The molecule has 0 N–H and O–H groups in total. The van der Waals surface area contributed by atoms with Crippen molar-refractivity contribution >= 4 is 27.3 Å². The minimum absolute atomic E-state index is 0.0185. The molecule has 0 saturated heterocycles. The van der Waals surface area contributed by atoms with E-state index in [-0.39, 0.29) is 19.0 Å². The van der Waals surface area contributed by atoms with Crippen molar-refractivity contribution in [1.29, 1.82) is 0 Å². The predicted octanol–water partition coefficient (Wildman–Crippen LogP) is 5.62. The molecule has 3 aromatic heterocycles. The molecule has 0 spiro atoms. The van der Waals surface area contributed by atoms with Crippen LogP contribution in [0.3, 0.4) is 0 Å². The molecular formula is C33H48N6O4Si2. The van der Waals surface area contributed by atoms with Crippen molar-refractivity contribution in [2.24, 2.45) is 0 Å². The molecule has 12 heteroatoms. The number of hydrogen-bond donors (Lipinski definition) is 0. The number of ether oxygens (including phenoxy) is 2. The van der Waals surface area contributed by atoms with Crippen LogP contribution in [0.2, 0.25) is 51.4 Å². The van der Waals surface area contributed by atoms with Crippen LogP contribution in [0.4, 0.5) is 0 Å². The number of benzene rings is 1. The van der Waals surface area contributed by atoms with Crippen LogP contribution in [0.25, 0.3) is 22.6 Å². The highest BCUT2D eigenvalue weighted by Crippen LogP contribution is 2.23. The second kappa shape index (κ2) is 14.7. The fourth-order valence-corrected chi connectivity index (χ4v) is 6.18. The molecule has 3 heterocycles. The first kappa shape index (κ1) is 34.4. The Morgan fingerprint density at radius 1 is 0.867 bits per heavy atom. The van der Waals surface area contributed by atoms with E-state index < -0.39 is 21.8 Å². The maximum atomic E-state index is 13.9. The summed E-state index contributed by atoms with van der Waals surface area (Å²) in [5, 5.41) is 4.52. The summed E-state index contributed by atoms with van der Waals surface area (Å²) < 4.78 is 18.5. The minimum atomic E-state index is -1.33. The lowest BCUT2D eigenvalue weighted by atomic mass is 10.2. The van der Waals surface area contributed by atoms with E-state index in [9.17, 15) is 9.59 Å². The van der Waals surface area contributed by atoms with Gasteiger partial charge < -0.3 is 9.47 Å². The summed E-state index contributed by atoms with van der Waals surface area (Å²) in [6.07, 6.45) is 4.22. The first-order chi connectivity index (χ1) is 21.3. The molecule has 0 aliphatic rings. The monoisotopic (exact) mass is 648 g/mol. The molecule has 45 heavy (non-hydrogen) atoms. The summed E-state index contributed by atoms with van der Waals surface area (Å²) >= 11 is 0. The van der Waals surface area contributed by atoms with Crippen molar-refractivity contribution in [3.05, 3.63) is 68.6 Å². The van der Waals surface area contributed by atoms with Gasteiger partial charge in [-0.25, -0.2) is 9.78 Å². The molecule has 10 nitrogen and oxygen atoms in total. The van der Waals surface area contributed by atoms with E-state index in [1.165, 1.54) is 14.7 Å². The maximum Gasteiger partial charge on any atom is 0.334 e. The van der Waals surface area contributed by atoms with E-state index in [4.69, 9.17) is 14.5 Å². The zero-order valence-corrected chi connectivity index (χ0v) is 30.1. The quantitative estimate of drug-likeness (QED) is 0.100. The van der Waals surface area contributed by atoms with Crippen LogP contribution < -0.4 is 11.2 Å². The molecule has 0 aliphatic carbocycles. The lowest BCUT2D eigenvalue weighted by Crippen LogP contribution is -2.41. The smallest absolute Gasteiger partial charge is 0.334 e. The van der Waals surface area contributed by atoms with E-state index in [1.54, 1.807) is 15.4 Å². The normalized spacial score (nSPS) is 12.1. The molecule has 0 atom stereocenters. The summed E-state index contributed by atoms with van der Waals surface area (Å²) in [6.45, 7) is 19.7. The second-order valence-corrected chi connectivity index (χ2v) is 25.2. The first-order valence-electron chi connectivity index (χ1n) is 15.7. The zero-order chi connectivity index (χ0) is 32.8. The summed E-state index contributed by atoms with van der Waals surface area (Å²) in [5.41, 5.74) is 2.66. The largest absolute Gasteiger partial charge is 0.361 e. The Morgan fingerprint density at radius 2 is 1.49 bits per heavy atom. The molecule has 1 aromatic carbocycles. The SMILES string of the molecule is CCCn1c(=O)c2c(nc(-c3cnn(CC#Cc4ccc(C)cc4)c3)n2COCC[Si](C)(C)C)n(COCC[Si](C)(C)C)c1=O. The van der Waals surface area contributed by atoms with Crippen LogP contribution >= 0.6 is 0 Å². The fourth-order valence-electron chi connectivity index (χ4n) is 4.67. The lowest BCUT2D eigenvalue weighted by molar-refractivity contribution is 0.0848. The van der Waals surface area contributed by atoms with Gasteiger partial charge in [0.15, 0.2) is 11.2 Å². The van der Waals surface area contributed by atoms with Crippen LogP contribution in [-0.4, -0.2) is 57.8 Å². The standard InChI is InChI=1S/C33H48N6O4Si2/c1-9-16-37-32(40)29-31(39(33(37)41)25-43-19-21-45(6,7)8)35-30(38(29)24-42-18-20-44(3,4)5)28-22-34-36(23-28)17-10-11-27-14-12-26(2)13-15-27/h12-15,22-23H,9,16-21,24-25H2,1-8H3. The van der Waals surface area contributed by atoms with Crippen LogP contribution in [-0.2, 0) is 36.0 Å². The van der Waals surface area contributed by atoms with E-state index >= 15 is 0 Å². The molecule has 4 aromatic rings. The van der Waals surface area contributed by atoms with Crippen LogP contribution in [0.15, 0.2) is 46.2 Å². The third-order valence-corrected chi connectivity index (χ3v) is 10.8. The van der Waals surface area contributed by atoms with Gasteiger partial charge in [0.25, 0.3) is 5.56 Å². The summed E-state index contributed by atoms with van der Waals surface area (Å²) in [7, 11) is -2.65. The average Bonchev–Trinajstić information content (AvgIpc) is 3.58. The van der Waals surface area contributed by atoms with Gasteiger partial charge in [0.1, 0.15) is 25.8 Å². The molecule has 0 saturated carbocycles. The molecule has 0 unspecified atom stereocenters. The third-order valence-electron chi connectivity index (χ3n) is 7.41. The van der Waals surface area contributed by atoms with Crippen LogP contribution in [0.1, 0.15) is 24.5 Å². The van der Waals surface area contributed by atoms with Crippen LogP contribution in [0.5, 0.6) is 0 Å². The minimum Gasteiger partial charge on any atom is -0.361 e. The topological polar surface area (TPSA) is 98.1 Å². The first-order valence-corrected chi connectivity index (χ1v) is 23.2. The second-order valence-electron chi connectivity index (χ2n) is 14.0. The molecule has 242 valence electrons. The number of nitrogens with zero attached hydrogens (tertiary/aromatic N) is 6. The van der Waals surface area contributed by atoms with E-state index in [0.717, 1.165) is 17.7 Å². The Morgan fingerprint density at radius 3 is 2.09 bits per heavy atom. The number of rotatable bonds is 14. The van der Waals surface area contributed by atoms with E-state index in [0.29, 0.717) is 55.3 Å². The highest BCUT2D eigenvalue weighted by atomic mass is 28.3. The summed E-state index contributed by atoms with van der Waals surface area (Å²) in [5.74, 6) is 6.87. The summed E-state index contributed by atoms with van der Waals surface area (Å²) in [4.78, 5) is 32.4. The van der Waals surface area contributed by atoms with Gasteiger partial charge in [-0.2, -0.15) is 5.10 Å². The van der Waals surface area contributed by atoms with Gasteiger partial charge in [-0.15, -0.1) is 0 Å².